The molecule has 3 nitrogen and oxygen atoms in total. The minimum Gasteiger partial charge on any atom is -0.344 e. The molecular weight excluding hydrogens is 255 g/mol. The summed E-state index contributed by atoms with van der Waals surface area (Å²) in [5.41, 5.74) is 0. The van der Waals surface area contributed by atoms with E-state index in [1.165, 1.54) is 0 Å². The van der Waals surface area contributed by atoms with Gasteiger partial charge in [0, 0.05) is 0 Å². The monoisotopic (exact) mass is 267 g/mol. The van der Waals surface area contributed by atoms with Gasteiger partial charge in [0.1, 0.15) is 0 Å². The van der Waals surface area contributed by atoms with Crippen molar-refractivity contribution in [2.75, 3.05) is 0 Å². The van der Waals surface area contributed by atoms with Crippen molar-refractivity contribution in [1.29, 1.82) is 0 Å². The van der Waals surface area contributed by atoms with Gasteiger partial charge in [0.2, 0.25) is 0 Å². The molecule has 0 aliphatic carbocycles. The Kier molecular flexibility index (Phi) is 11300. The fraction of sp³-hybridized carbons (Fsp3) is 0. The van der Waals surface area contributed by atoms with E-state index in [-0.39, 0.29) is 92.9 Å². The molecule has 0 atom stereocenters. The van der Waals surface area contributed by atoms with Gasteiger partial charge in [0.05, 0.1) is 0 Å². The molecule has 0 bridgehead atoms. The minimum atomic E-state index is 0. The Morgan fingerprint density at radius 1 is 0.222 bits per heavy atom. The number of rotatable bonds is 0. The third-order valence-electron chi connectivity index (χ3n) is 0. The minimum absolute atomic E-state index is 0. The summed E-state index contributed by atoms with van der Waals surface area (Å²) in [5.74, 6) is 0. The molecule has 0 rings (SSSR count). The molecule has 0 spiro atoms. The summed E-state index contributed by atoms with van der Waals surface area (Å²) in [6.45, 7) is 0. The van der Waals surface area contributed by atoms with Crippen LogP contribution in [0.5, 0.6) is 0 Å². The van der Waals surface area contributed by atoms with E-state index in [2.05, 4.69) is 0 Å². The molecule has 0 aromatic carbocycles. The van der Waals surface area contributed by atoms with Gasteiger partial charge in [0.25, 0.3) is 0 Å². The second-order valence-electron chi connectivity index (χ2n) is 0. The number of halogens is 6. The molecule has 0 aromatic heterocycles. The average Bonchev–Trinajstić information content (AvgIpc) is 0. The Morgan fingerprint density at radius 3 is 0.222 bits per heavy atom. The van der Waals surface area contributed by atoms with Crippen LogP contribution in [0.4, 0.5) is 0 Å². The lowest BCUT2D eigenvalue weighted by Gasteiger charge is -0.345. The maximum absolute atomic E-state index is 0. The lowest BCUT2D eigenvalue weighted by molar-refractivity contribution is 2.13. The van der Waals surface area contributed by atoms with Crippen molar-refractivity contribution in [3.05, 3.63) is 0 Å². The molecule has 0 saturated heterocycles. The normalized spacial score (nSPS) is 0. The average molecular weight is 270 g/mol. The van der Waals surface area contributed by atoms with Crippen molar-refractivity contribution in [3.8, 4) is 0 Å². The first-order valence-electron chi connectivity index (χ1n) is 0. The van der Waals surface area contributed by atoms with Crippen LogP contribution in [0, 0.1) is 0 Å². The van der Waals surface area contributed by atoms with Gasteiger partial charge in [-0.2, -0.15) is 0 Å². The predicted octanol–water partition coefficient (Wildman–Crippen LogP) is 3.02. The van der Waals surface area contributed by atoms with E-state index < -0.39 is 0 Å². The Labute approximate surface area is 92.7 Å². The first kappa shape index (κ1) is 374. The maximum atomic E-state index is 0. The van der Waals surface area contributed by atoms with Gasteiger partial charge >= 0.3 is 0 Å². The highest BCUT2D eigenvalue weighted by atomic mass is 35.5. The van der Waals surface area contributed by atoms with Gasteiger partial charge in [-0.15, -0.1) is 74.4 Å². The summed E-state index contributed by atoms with van der Waals surface area (Å²) in [6.07, 6.45) is 0. The van der Waals surface area contributed by atoms with Gasteiger partial charge in [-0.1, -0.05) is 0 Å². The summed E-state index contributed by atoms with van der Waals surface area (Å²) in [6, 6.07) is 0. The second-order valence-corrected chi connectivity index (χ2v) is 0. The molecular formula is H15Cl6N3. The van der Waals surface area contributed by atoms with Gasteiger partial charge < -0.3 is 18.5 Å². The van der Waals surface area contributed by atoms with Crippen molar-refractivity contribution in [2.24, 2.45) is 0 Å². The van der Waals surface area contributed by atoms with Crippen LogP contribution in [0.3, 0.4) is 0 Å². The van der Waals surface area contributed by atoms with Crippen molar-refractivity contribution in [2.45, 2.75) is 0 Å². The maximum Gasteiger partial charge on any atom is -0.147 e. The van der Waals surface area contributed by atoms with Crippen LogP contribution in [-0.4, -0.2) is 0 Å². The van der Waals surface area contributed by atoms with Crippen LogP contribution >= 0.6 is 74.4 Å². The zero-order valence-electron chi connectivity index (χ0n) is 4.57. The molecule has 0 fully saturated rings. The van der Waals surface area contributed by atoms with Crippen LogP contribution < -0.4 is 18.5 Å². The molecule has 0 radical (unpaired) electrons. The van der Waals surface area contributed by atoms with Crippen molar-refractivity contribution in [1.82, 2.24) is 18.5 Å². The molecule has 9 heteroatoms. The largest absolute Gasteiger partial charge is 0.344 e. The number of hydrogen-bond acceptors (Lipinski definition) is 3. The molecule has 0 aliphatic heterocycles. The summed E-state index contributed by atoms with van der Waals surface area (Å²) in [4.78, 5) is 0. The molecule has 0 heterocycles. The van der Waals surface area contributed by atoms with Crippen LogP contribution in [0.25, 0.3) is 0 Å². The zero-order valence-corrected chi connectivity index (χ0v) is 9.47. The third-order valence-corrected chi connectivity index (χ3v) is 0. The summed E-state index contributed by atoms with van der Waals surface area (Å²) in [7, 11) is 0. The van der Waals surface area contributed by atoms with E-state index in [1.54, 1.807) is 0 Å². The van der Waals surface area contributed by atoms with Crippen molar-refractivity contribution >= 4 is 74.4 Å². The van der Waals surface area contributed by atoms with Crippen LogP contribution in [0.2, 0.25) is 0 Å². The Bertz CT molecular complexity index is 8.26. The lowest BCUT2D eigenvalue weighted by atomic mass is 14.0. The third kappa shape index (κ3) is 213. The molecule has 0 saturated carbocycles. The van der Waals surface area contributed by atoms with Crippen molar-refractivity contribution < 1.29 is 0 Å². The SMILES string of the molecule is Cl.Cl.Cl.Cl.Cl.Cl.N.N.N. The number of hydrogen-bond donors (Lipinski definition) is 3. The molecule has 0 unspecified atom stereocenters. The van der Waals surface area contributed by atoms with E-state index in [0.717, 1.165) is 0 Å². The first-order valence-corrected chi connectivity index (χ1v) is 0. The zero-order chi connectivity index (χ0) is 0. The molecule has 0 aliphatic rings. The molecule has 9 N–H and O–H groups in total. The highest BCUT2D eigenvalue weighted by Gasteiger charge is -0.141. The topological polar surface area (TPSA) is 105 Å². The van der Waals surface area contributed by atoms with E-state index in [4.69, 9.17) is 0 Å². The predicted molar refractivity (Wildman–Crippen MR) is 58.6 cm³/mol. The fourth-order valence-corrected chi connectivity index (χ4v) is 0. The van der Waals surface area contributed by atoms with E-state index >= 15 is 0 Å². The molecule has 9 heavy (non-hydrogen) atoms. The van der Waals surface area contributed by atoms with Crippen LogP contribution in [0.1, 0.15) is 0 Å². The standard InChI is InChI=1S/6ClH.3H3N/h6*1H;3*1H3. The summed E-state index contributed by atoms with van der Waals surface area (Å²) in [5, 5.41) is 0. The molecule has 0 amide bonds. The fourth-order valence-electron chi connectivity index (χ4n) is 0. The summed E-state index contributed by atoms with van der Waals surface area (Å²) < 4.78 is 0. The van der Waals surface area contributed by atoms with Gasteiger partial charge in [-0.05, 0) is 0 Å². The molecule has 0 aromatic rings. The second kappa shape index (κ2) is 272. The highest BCUT2D eigenvalue weighted by molar-refractivity contribution is 5.86. The van der Waals surface area contributed by atoms with Crippen LogP contribution in [0.15, 0.2) is 0 Å². The van der Waals surface area contributed by atoms with Crippen molar-refractivity contribution in [3.63, 3.8) is 0 Å². The van der Waals surface area contributed by atoms with Gasteiger partial charge in [-0.25, -0.2) is 0 Å². The Balaban J connectivity index is 0. The quantitative estimate of drug-likeness (QED) is 0.629. The highest BCUT2D eigenvalue weighted by Crippen LogP contribution is 0.695. The lowest BCUT2D eigenvalue weighted by Crippen LogP contribution is -0.482. The van der Waals surface area contributed by atoms with E-state index in [1.807, 2.05) is 0 Å². The Morgan fingerprint density at radius 2 is 0.222 bits per heavy atom. The van der Waals surface area contributed by atoms with E-state index in [0.29, 0.717) is 0 Å². The Hall–Kier alpha value is 1.62. The van der Waals surface area contributed by atoms with Gasteiger partial charge in [-0.3, -0.25) is 0 Å². The van der Waals surface area contributed by atoms with E-state index in [9.17, 15) is 0 Å². The first-order chi connectivity index (χ1) is 0. The summed E-state index contributed by atoms with van der Waals surface area (Å²) >= 11 is 0. The molecule has 72 valence electrons. The van der Waals surface area contributed by atoms with Crippen LogP contribution in [-0.2, 0) is 0 Å². The van der Waals surface area contributed by atoms with Gasteiger partial charge in [0.15, 0.2) is 0 Å². The smallest absolute Gasteiger partial charge is 0.147 e.